The summed E-state index contributed by atoms with van der Waals surface area (Å²) >= 11 is 0. The summed E-state index contributed by atoms with van der Waals surface area (Å²) in [6.07, 6.45) is -5.33. The number of benzene rings is 1. The molecule has 0 saturated carbocycles. The van der Waals surface area contributed by atoms with Crippen LogP contribution in [0.1, 0.15) is 31.4 Å². The maximum atomic E-state index is 12.9. The van der Waals surface area contributed by atoms with Crippen molar-refractivity contribution in [3.8, 4) is 0 Å². The van der Waals surface area contributed by atoms with Crippen LogP contribution in [0.5, 0.6) is 0 Å². The van der Waals surface area contributed by atoms with Crippen LogP contribution in [0.3, 0.4) is 0 Å². The molecule has 0 spiro atoms. The number of amides is 1. The molecule has 0 aliphatic carbocycles. The number of carboxylic acids is 1. The van der Waals surface area contributed by atoms with E-state index >= 15 is 0 Å². The minimum Gasteiger partial charge on any atom is -0.481 e. The van der Waals surface area contributed by atoms with E-state index < -0.39 is 29.2 Å². The zero-order valence-electron chi connectivity index (χ0n) is 14.0. The second-order valence-corrected chi connectivity index (χ2v) is 6.55. The predicted octanol–water partition coefficient (Wildman–Crippen LogP) is 2.69. The Kier molecular flexibility index (Phi) is 5.41. The summed E-state index contributed by atoms with van der Waals surface area (Å²) in [5, 5.41) is 8.85. The summed E-state index contributed by atoms with van der Waals surface area (Å²) in [4.78, 5) is 25.1. The van der Waals surface area contributed by atoms with Crippen molar-refractivity contribution in [3.05, 3.63) is 35.4 Å². The quantitative estimate of drug-likeness (QED) is 0.898. The number of aliphatic carboxylic acids is 1. The number of alkyl halides is 3. The average molecular weight is 359 g/mol. The standard InChI is InChI=1S/C17H20F3NO4/c1-16(2,11-4-3-5-12(8-11)17(18,19)20)15(24)21-6-7-25-13(10-21)9-14(22)23/h3-5,8,13H,6-7,9-10H2,1-2H3,(H,22,23). The molecule has 0 aromatic heterocycles. The first-order valence-electron chi connectivity index (χ1n) is 7.82. The van der Waals surface area contributed by atoms with E-state index in [1.165, 1.54) is 17.0 Å². The first kappa shape index (κ1) is 19.2. The molecule has 1 aromatic rings. The summed E-state index contributed by atoms with van der Waals surface area (Å²) in [5.41, 5.74) is -1.72. The molecule has 1 fully saturated rings. The maximum Gasteiger partial charge on any atom is 0.416 e. The number of carboxylic acid groups (broad SMARTS) is 1. The van der Waals surface area contributed by atoms with Crippen molar-refractivity contribution in [2.24, 2.45) is 0 Å². The number of nitrogens with zero attached hydrogens (tertiary/aromatic N) is 1. The third-order valence-electron chi connectivity index (χ3n) is 4.27. The molecule has 1 amide bonds. The second-order valence-electron chi connectivity index (χ2n) is 6.55. The van der Waals surface area contributed by atoms with E-state index in [1.807, 2.05) is 0 Å². The van der Waals surface area contributed by atoms with Gasteiger partial charge in [-0.25, -0.2) is 0 Å². The lowest BCUT2D eigenvalue weighted by atomic mass is 9.82. The van der Waals surface area contributed by atoms with Crippen LogP contribution < -0.4 is 0 Å². The summed E-state index contributed by atoms with van der Waals surface area (Å²) in [6.45, 7) is 3.70. The van der Waals surface area contributed by atoms with Crippen molar-refractivity contribution >= 4 is 11.9 Å². The Bertz CT molecular complexity index is 658. The SMILES string of the molecule is CC(C)(C(=O)N1CCOC(CC(=O)O)C1)c1cccc(C(F)(F)F)c1. The Labute approximate surface area is 143 Å². The molecule has 2 rings (SSSR count). The zero-order chi connectivity index (χ0) is 18.8. The number of ether oxygens (including phenoxy) is 1. The molecule has 1 aliphatic rings. The van der Waals surface area contributed by atoms with Gasteiger partial charge in [0.05, 0.1) is 30.1 Å². The lowest BCUT2D eigenvalue weighted by molar-refractivity contribution is -0.150. The minimum absolute atomic E-state index is 0.105. The Morgan fingerprint density at radius 1 is 1.28 bits per heavy atom. The number of halogens is 3. The van der Waals surface area contributed by atoms with Gasteiger partial charge in [0, 0.05) is 13.1 Å². The van der Waals surface area contributed by atoms with Crippen molar-refractivity contribution in [3.63, 3.8) is 0 Å². The fourth-order valence-corrected chi connectivity index (χ4v) is 2.83. The van der Waals surface area contributed by atoms with Gasteiger partial charge < -0.3 is 14.7 Å². The van der Waals surface area contributed by atoms with E-state index in [1.54, 1.807) is 13.8 Å². The lowest BCUT2D eigenvalue weighted by Gasteiger charge is -2.37. The molecule has 1 unspecified atom stereocenters. The number of hydrogen-bond donors (Lipinski definition) is 1. The van der Waals surface area contributed by atoms with Gasteiger partial charge >= 0.3 is 12.1 Å². The molecule has 1 aromatic carbocycles. The second kappa shape index (κ2) is 7.03. The van der Waals surface area contributed by atoms with Crippen LogP contribution in [0.4, 0.5) is 13.2 Å². The molecular formula is C17H20F3NO4. The molecule has 138 valence electrons. The highest BCUT2D eigenvalue weighted by molar-refractivity contribution is 5.87. The van der Waals surface area contributed by atoms with Gasteiger partial charge in [0.15, 0.2) is 0 Å². The minimum atomic E-state index is -4.49. The van der Waals surface area contributed by atoms with E-state index in [0.717, 1.165) is 12.1 Å². The van der Waals surface area contributed by atoms with E-state index in [4.69, 9.17) is 9.84 Å². The summed E-state index contributed by atoms with van der Waals surface area (Å²) in [6, 6.07) is 4.71. The summed E-state index contributed by atoms with van der Waals surface area (Å²) in [7, 11) is 0. The van der Waals surface area contributed by atoms with Crippen LogP contribution in [0, 0.1) is 0 Å². The highest BCUT2D eigenvalue weighted by Crippen LogP contribution is 2.33. The molecule has 1 N–H and O–H groups in total. The van der Waals surface area contributed by atoms with Gasteiger partial charge in [-0.05, 0) is 25.5 Å². The van der Waals surface area contributed by atoms with Crippen LogP contribution in [-0.2, 0) is 25.9 Å². The predicted molar refractivity (Wildman–Crippen MR) is 83.0 cm³/mol. The van der Waals surface area contributed by atoms with E-state index in [2.05, 4.69) is 0 Å². The molecule has 0 bridgehead atoms. The van der Waals surface area contributed by atoms with Gasteiger partial charge in [-0.15, -0.1) is 0 Å². The molecular weight excluding hydrogens is 339 g/mol. The van der Waals surface area contributed by atoms with Crippen molar-refractivity contribution in [2.45, 2.75) is 38.0 Å². The Morgan fingerprint density at radius 3 is 2.52 bits per heavy atom. The highest BCUT2D eigenvalue weighted by atomic mass is 19.4. The largest absolute Gasteiger partial charge is 0.481 e. The Balaban J connectivity index is 2.21. The fraction of sp³-hybridized carbons (Fsp3) is 0.529. The topological polar surface area (TPSA) is 66.8 Å². The number of morpholine rings is 1. The molecule has 5 nitrogen and oxygen atoms in total. The van der Waals surface area contributed by atoms with Crippen LogP contribution in [0.2, 0.25) is 0 Å². The van der Waals surface area contributed by atoms with Crippen molar-refractivity contribution in [1.82, 2.24) is 4.90 Å². The van der Waals surface area contributed by atoms with Crippen molar-refractivity contribution < 1.29 is 32.6 Å². The first-order chi connectivity index (χ1) is 11.5. The van der Waals surface area contributed by atoms with Gasteiger partial charge in [0.1, 0.15) is 0 Å². The Hall–Kier alpha value is -2.09. The van der Waals surface area contributed by atoms with Gasteiger partial charge in [-0.1, -0.05) is 18.2 Å². The molecule has 1 atom stereocenters. The molecule has 1 heterocycles. The molecule has 1 aliphatic heterocycles. The van der Waals surface area contributed by atoms with Crippen molar-refractivity contribution in [1.29, 1.82) is 0 Å². The smallest absolute Gasteiger partial charge is 0.416 e. The number of rotatable bonds is 4. The average Bonchev–Trinajstić information content (AvgIpc) is 2.53. The zero-order valence-corrected chi connectivity index (χ0v) is 14.0. The fourth-order valence-electron chi connectivity index (χ4n) is 2.83. The monoisotopic (exact) mass is 359 g/mol. The normalized spacial score (nSPS) is 18.9. The molecule has 0 radical (unpaired) electrons. The number of carbonyl (C=O) groups is 2. The number of carbonyl (C=O) groups excluding carboxylic acids is 1. The Morgan fingerprint density at radius 2 is 1.92 bits per heavy atom. The lowest BCUT2D eigenvalue weighted by Crippen LogP contribution is -2.51. The van der Waals surface area contributed by atoms with Crippen LogP contribution in [0.15, 0.2) is 24.3 Å². The van der Waals surface area contributed by atoms with E-state index in [9.17, 15) is 22.8 Å². The van der Waals surface area contributed by atoms with Gasteiger partial charge in [-0.3, -0.25) is 9.59 Å². The highest BCUT2D eigenvalue weighted by Gasteiger charge is 2.38. The summed E-state index contributed by atoms with van der Waals surface area (Å²) < 4.78 is 44.1. The van der Waals surface area contributed by atoms with Gasteiger partial charge in [0.25, 0.3) is 0 Å². The summed E-state index contributed by atoms with van der Waals surface area (Å²) in [5.74, 6) is -1.39. The van der Waals surface area contributed by atoms with Gasteiger partial charge in [0.2, 0.25) is 5.91 Å². The first-order valence-corrected chi connectivity index (χ1v) is 7.82. The molecule has 1 saturated heterocycles. The van der Waals surface area contributed by atoms with Crippen LogP contribution in [-0.4, -0.2) is 47.7 Å². The third-order valence-corrected chi connectivity index (χ3v) is 4.27. The van der Waals surface area contributed by atoms with E-state index in [-0.39, 0.29) is 37.6 Å². The molecule has 25 heavy (non-hydrogen) atoms. The van der Waals surface area contributed by atoms with Gasteiger partial charge in [-0.2, -0.15) is 13.2 Å². The van der Waals surface area contributed by atoms with E-state index in [0.29, 0.717) is 0 Å². The van der Waals surface area contributed by atoms with Crippen LogP contribution in [0.25, 0.3) is 0 Å². The third kappa shape index (κ3) is 4.50. The van der Waals surface area contributed by atoms with Crippen molar-refractivity contribution in [2.75, 3.05) is 19.7 Å². The molecule has 8 heteroatoms. The van der Waals surface area contributed by atoms with Crippen LogP contribution >= 0.6 is 0 Å². The maximum absolute atomic E-state index is 12.9. The number of hydrogen-bond acceptors (Lipinski definition) is 3.